The Morgan fingerprint density at radius 3 is 2.68 bits per heavy atom. The molecule has 178 valence electrons. The van der Waals surface area contributed by atoms with Crippen molar-refractivity contribution in [2.75, 3.05) is 33.4 Å². The molecule has 0 radical (unpaired) electrons. The first kappa shape index (κ1) is 24.5. The van der Waals surface area contributed by atoms with Crippen LogP contribution in [0.2, 0.25) is 0 Å². The lowest BCUT2D eigenvalue weighted by molar-refractivity contribution is -0.121. The second-order valence-corrected chi connectivity index (χ2v) is 10.0. The number of carbonyl (C=O) groups excluding carboxylic acids is 2. The van der Waals surface area contributed by atoms with Crippen molar-refractivity contribution in [3.63, 3.8) is 0 Å². The van der Waals surface area contributed by atoms with Crippen molar-refractivity contribution in [1.29, 1.82) is 0 Å². The van der Waals surface area contributed by atoms with Crippen molar-refractivity contribution in [3.8, 4) is 5.75 Å². The molecular formula is C25H26BrN3O4S. The SMILES string of the molecule is CC(C)Oc1ccc(/C=C2/SC(=Nc3cccc(C(=O)N4CCOCC4)c3)N(C)C2=O)cc1Br. The first-order valence-corrected chi connectivity index (χ1v) is 12.6. The summed E-state index contributed by atoms with van der Waals surface area (Å²) in [5, 5.41) is 0.561. The third-order valence-corrected chi connectivity index (χ3v) is 6.92. The monoisotopic (exact) mass is 543 g/mol. The van der Waals surface area contributed by atoms with Crippen molar-refractivity contribution in [2.24, 2.45) is 4.99 Å². The third-order valence-electron chi connectivity index (χ3n) is 5.24. The van der Waals surface area contributed by atoms with E-state index in [1.54, 1.807) is 24.1 Å². The van der Waals surface area contributed by atoms with Gasteiger partial charge in [0.25, 0.3) is 11.8 Å². The molecule has 0 spiro atoms. The Morgan fingerprint density at radius 1 is 1.21 bits per heavy atom. The summed E-state index contributed by atoms with van der Waals surface area (Å²) in [6.07, 6.45) is 1.91. The van der Waals surface area contributed by atoms with Crippen LogP contribution in [0.4, 0.5) is 5.69 Å². The molecule has 0 saturated carbocycles. The normalized spacial score (nSPS) is 18.9. The van der Waals surface area contributed by atoms with Gasteiger partial charge < -0.3 is 14.4 Å². The van der Waals surface area contributed by atoms with Gasteiger partial charge in [0.2, 0.25) is 0 Å². The maximum Gasteiger partial charge on any atom is 0.266 e. The minimum absolute atomic E-state index is 0.0371. The van der Waals surface area contributed by atoms with Gasteiger partial charge in [0.05, 0.1) is 34.4 Å². The molecule has 2 aliphatic heterocycles. The molecule has 2 amide bonds. The molecule has 7 nitrogen and oxygen atoms in total. The first-order chi connectivity index (χ1) is 16.3. The Labute approximate surface area is 211 Å². The second kappa shape index (κ2) is 10.8. The number of hydrogen-bond acceptors (Lipinski definition) is 6. The molecule has 0 unspecified atom stereocenters. The van der Waals surface area contributed by atoms with Gasteiger partial charge in [-0.15, -0.1) is 0 Å². The van der Waals surface area contributed by atoms with Crippen molar-refractivity contribution in [1.82, 2.24) is 9.80 Å². The van der Waals surface area contributed by atoms with Crippen molar-refractivity contribution in [3.05, 3.63) is 63.0 Å². The molecular weight excluding hydrogens is 518 g/mol. The summed E-state index contributed by atoms with van der Waals surface area (Å²) in [6.45, 7) is 6.22. The highest BCUT2D eigenvalue weighted by atomic mass is 79.9. The molecule has 9 heteroatoms. The minimum atomic E-state index is -0.122. The van der Waals surface area contributed by atoms with Crippen molar-refractivity contribution < 1.29 is 19.1 Å². The van der Waals surface area contributed by atoms with Gasteiger partial charge in [-0.05, 0) is 83.5 Å². The topological polar surface area (TPSA) is 71.4 Å². The van der Waals surface area contributed by atoms with E-state index in [2.05, 4.69) is 20.9 Å². The number of amidine groups is 1. The summed E-state index contributed by atoms with van der Waals surface area (Å²) in [6, 6.07) is 12.9. The summed E-state index contributed by atoms with van der Waals surface area (Å²) < 4.78 is 11.9. The number of rotatable bonds is 5. The van der Waals surface area contributed by atoms with Gasteiger partial charge in [-0.3, -0.25) is 14.5 Å². The lowest BCUT2D eigenvalue weighted by atomic mass is 10.1. The molecule has 34 heavy (non-hydrogen) atoms. The van der Waals surface area contributed by atoms with E-state index in [9.17, 15) is 9.59 Å². The van der Waals surface area contributed by atoms with Crippen LogP contribution in [0.1, 0.15) is 29.8 Å². The number of hydrogen-bond donors (Lipinski definition) is 0. The average molecular weight is 544 g/mol. The fourth-order valence-electron chi connectivity index (χ4n) is 3.53. The van der Waals surface area contributed by atoms with Crippen LogP contribution in [0, 0.1) is 0 Å². The number of likely N-dealkylation sites (N-methyl/N-ethyl adjacent to an activating group) is 1. The fraction of sp³-hybridized carbons (Fsp3) is 0.320. The molecule has 0 atom stereocenters. The van der Waals surface area contributed by atoms with Gasteiger partial charge in [-0.25, -0.2) is 4.99 Å². The van der Waals surface area contributed by atoms with Gasteiger partial charge in [0.15, 0.2) is 5.17 Å². The van der Waals surface area contributed by atoms with E-state index in [0.717, 1.165) is 15.8 Å². The van der Waals surface area contributed by atoms with Crippen LogP contribution in [-0.4, -0.2) is 66.2 Å². The number of halogens is 1. The van der Waals surface area contributed by atoms with E-state index < -0.39 is 0 Å². The van der Waals surface area contributed by atoms with E-state index >= 15 is 0 Å². The zero-order valence-electron chi connectivity index (χ0n) is 19.3. The van der Waals surface area contributed by atoms with Crippen molar-refractivity contribution in [2.45, 2.75) is 20.0 Å². The highest BCUT2D eigenvalue weighted by Gasteiger charge is 2.30. The molecule has 0 bridgehead atoms. The fourth-order valence-corrected chi connectivity index (χ4v) is 5.00. The van der Waals surface area contributed by atoms with E-state index in [4.69, 9.17) is 9.47 Å². The largest absolute Gasteiger partial charge is 0.490 e. The van der Waals surface area contributed by atoms with Crippen LogP contribution in [0.25, 0.3) is 6.08 Å². The standard InChI is InChI=1S/C25H26BrN3O4S/c1-16(2)33-21-8-7-17(13-20(21)26)14-22-24(31)28(3)25(34-22)27-19-6-4-5-18(15-19)23(30)29-9-11-32-12-10-29/h4-8,13-16H,9-12H2,1-3H3/b22-14+,27-25?. The summed E-state index contributed by atoms with van der Waals surface area (Å²) in [5.74, 6) is 0.598. The van der Waals surface area contributed by atoms with Crippen LogP contribution in [-0.2, 0) is 9.53 Å². The number of benzene rings is 2. The number of morpholine rings is 1. The van der Waals surface area contributed by atoms with Gasteiger partial charge in [-0.2, -0.15) is 0 Å². The van der Waals surface area contributed by atoms with Crippen molar-refractivity contribution >= 4 is 56.4 Å². The number of amides is 2. The molecule has 2 aromatic rings. The van der Waals surface area contributed by atoms with Gasteiger partial charge in [0.1, 0.15) is 5.75 Å². The van der Waals surface area contributed by atoms with Crippen LogP contribution in [0.15, 0.2) is 56.8 Å². The predicted molar refractivity (Wildman–Crippen MR) is 139 cm³/mol. The molecule has 4 rings (SSSR count). The Balaban J connectivity index is 1.53. The van der Waals surface area contributed by atoms with Gasteiger partial charge in [0, 0.05) is 25.7 Å². The van der Waals surface area contributed by atoms with E-state index in [0.29, 0.717) is 47.6 Å². The maximum atomic E-state index is 12.8. The maximum absolute atomic E-state index is 12.8. The number of aliphatic imine (C=N–C) groups is 1. The summed E-state index contributed by atoms with van der Waals surface area (Å²) >= 11 is 4.85. The number of nitrogens with zero attached hydrogens (tertiary/aromatic N) is 3. The van der Waals surface area contributed by atoms with Gasteiger partial charge in [-0.1, -0.05) is 12.1 Å². The molecule has 2 aromatic carbocycles. The second-order valence-electron chi connectivity index (χ2n) is 8.18. The molecule has 0 aliphatic carbocycles. The minimum Gasteiger partial charge on any atom is -0.490 e. The van der Waals surface area contributed by atoms with E-state index in [-0.39, 0.29) is 17.9 Å². The smallest absolute Gasteiger partial charge is 0.266 e. The number of thioether (sulfide) groups is 1. The molecule has 2 heterocycles. The van der Waals surface area contributed by atoms with Crippen LogP contribution in [0.3, 0.4) is 0 Å². The third kappa shape index (κ3) is 5.71. The predicted octanol–water partition coefficient (Wildman–Crippen LogP) is 4.94. The lowest BCUT2D eigenvalue weighted by Gasteiger charge is -2.26. The lowest BCUT2D eigenvalue weighted by Crippen LogP contribution is -2.40. The highest BCUT2D eigenvalue weighted by Crippen LogP contribution is 2.35. The highest BCUT2D eigenvalue weighted by molar-refractivity contribution is 9.10. The molecule has 2 saturated heterocycles. The Kier molecular flexibility index (Phi) is 7.75. The van der Waals surface area contributed by atoms with Crippen LogP contribution in [0.5, 0.6) is 5.75 Å². The molecule has 0 aromatic heterocycles. The molecule has 2 fully saturated rings. The number of ether oxygens (including phenoxy) is 2. The first-order valence-electron chi connectivity index (χ1n) is 11.0. The Morgan fingerprint density at radius 2 is 1.97 bits per heavy atom. The van der Waals surface area contributed by atoms with E-state index in [1.807, 2.05) is 50.3 Å². The van der Waals surface area contributed by atoms with Gasteiger partial charge >= 0.3 is 0 Å². The Bertz CT molecular complexity index is 1160. The van der Waals surface area contributed by atoms with E-state index in [1.165, 1.54) is 16.7 Å². The molecule has 0 N–H and O–H groups in total. The Hall–Kier alpha value is -2.62. The summed E-state index contributed by atoms with van der Waals surface area (Å²) in [7, 11) is 1.70. The number of carbonyl (C=O) groups is 2. The summed E-state index contributed by atoms with van der Waals surface area (Å²) in [5.41, 5.74) is 2.08. The molecule has 2 aliphatic rings. The van der Waals surface area contributed by atoms with Crippen LogP contribution >= 0.6 is 27.7 Å². The quantitative estimate of drug-likeness (QED) is 0.499. The zero-order valence-corrected chi connectivity index (χ0v) is 21.7. The summed E-state index contributed by atoms with van der Waals surface area (Å²) in [4.78, 5) is 34.2. The zero-order chi connectivity index (χ0) is 24.2. The van der Waals surface area contributed by atoms with Crippen LogP contribution < -0.4 is 4.74 Å². The average Bonchev–Trinajstić information content (AvgIpc) is 3.08.